The highest BCUT2D eigenvalue weighted by Gasteiger charge is 2.19. The Morgan fingerprint density at radius 3 is 1.40 bits per heavy atom. The predicted molar refractivity (Wildman–Crippen MR) is 298 cm³/mol. The molecule has 0 atom stereocenters. The number of hydrogen-bond donors (Lipinski definition) is 0. The maximum Gasteiger partial charge on any atom is 0.0541 e. The topological polar surface area (TPSA) is 8.17 Å². The monoisotopic (exact) mass is 890 g/mol. The summed E-state index contributed by atoms with van der Waals surface area (Å²) >= 11 is 0. The first-order chi connectivity index (χ1) is 34.7. The lowest BCUT2D eigenvalue weighted by molar-refractivity contribution is 1.18. The lowest BCUT2D eigenvalue weighted by Crippen LogP contribution is -2.10. The van der Waals surface area contributed by atoms with Crippen molar-refractivity contribution < 1.29 is 0 Å². The van der Waals surface area contributed by atoms with Gasteiger partial charge in [-0.3, -0.25) is 0 Å². The maximum absolute atomic E-state index is 2.46. The van der Waals surface area contributed by atoms with E-state index in [1.807, 2.05) is 0 Å². The number of fused-ring (bicyclic) bond motifs is 5. The molecule has 12 aromatic carbocycles. The molecule has 0 fully saturated rings. The van der Waals surface area contributed by atoms with Crippen molar-refractivity contribution in [3.8, 4) is 61.3 Å². The molecule has 70 heavy (non-hydrogen) atoms. The number of nitrogens with zero attached hydrogens (tertiary/aromatic N) is 2. The molecule has 0 spiro atoms. The Bertz CT molecular complexity index is 3960. The molecule has 1 aromatic heterocycles. The van der Waals surface area contributed by atoms with Gasteiger partial charge in [-0.15, -0.1) is 0 Å². The van der Waals surface area contributed by atoms with E-state index in [1.165, 1.54) is 76.8 Å². The zero-order valence-electron chi connectivity index (χ0n) is 38.5. The zero-order valence-corrected chi connectivity index (χ0v) is 38.5. The fraction of sp³-hybridized carbons (Fsp3) is 0. The lowest BCUT2D eigenvalue weighted by Gasteiger charge is -2.27. The second-order valence-electron chi connectivity index (χ2n) is 18.2. The van der Waals surface area contributed by atoms with Crippen LogP contribution < -0.4 is 4.90 Å². The highest BCUT2D eigenvalue weighted by atomic mass is 15.1. The predicted octanol–water partition coefficient (Wildman–Crippen LogP) is 18.9. The van der Waals surface area contributed by atoms with E-state index in [0.29, 0.717) is 0 Å². The van der Waals surface area contributed by atoms with Crippen molar-refractivity contribution in [1.82, 2.24) is 4.57 Å². The quantitative estimate of drug-likeness (QED) is 0.140. The van der Waals surface area contributed by atoms with Gasteiger partial charge in [0, 0.05) is 33.2 Å². The van der Waals surface area contributed by atoms with Crippen LogP contribution in [0.4, 0.5) is 17.1 Å². The van der Waals surface area contributed by atoms with E-state index in [9.17, 15) is 0 Å². The van der Waals surface area contributed by atoms with E-state index in [1.54, 1.807) is 0 Å². The third kappa shape index (κ3) is 7.49. The number of para-hydroxylation sites is 1. The fourth-order valence-electron chi connectivity index (χ4n) is 10.5. The second-order valence-corrected chi connectivity index (χ2v) is 18.2. The van der Waals surface area contributed by atoms with Crippen molar-refractivity contribution in [2.24, 2.45) is 0 Å². The van der Waals surface area contributed by atoms with Gasteiger partial charge in [0.25, 0.3) is 0 Å². The molecule has 2 nitrogen and oxygen atoms in total. The van der Waals surface area contributed by atoms with Gasteiger partial charge < -0.3 is 9.47 Å². The Balaban J connectivity index is 0.967. The van der Waals surface area contributed by atoms with Gasteiger partial charge in [0.1, 0.15) is 0 Å². The normalized spacial score (nSPS) is 11.4. The van der Waals surface area contributed by atoms with Gasteiger partial charge >= 0.3 is 0 Å². The fourth-order valence-corrected chi connectivity index (χ4v) is 10.5. The molecule has 0 amide bonds. The van der Waals surface area contributed by atoms with E-state index in [2.05, 4.69) is 289 Å². The van der Waals surface area contributed by atoms with Crippen LogP contribution in [0, 0.1) is 0 Å². The highest BCUT2D eigenvalue weighted by Crippen LogP contribution is 2.43. The first kappa shape index (κ1) is 41.0. The van der Waals surface area contributed by atoms with Crippen LogP contribution in [0.25, 0.3) is 105 Å². The Kier molecular flexibility index (Phi) is 10.2. The summed E-state index contributed by atoms with van der Waals surface area (Å²) in [5, 5.41) is 7.28. The van der Waals surface area contributed by atoms with Gasteiger partial charge in [-0.25, -0.2) is 0 Å². The Hall–Kier alpha value is -9.24. The molecule has 0 saturated heterocycles. The molecule has 0 bridgehead atoms. The van der Waals surface area contributed by atoms with E-state index >= 15 is 0 Å². The summed E-state index contributed by atoms with van der Waals surface area (Å²) in [5.74, 6) is 0. The van der Waals surface area contributed by atoms with E-state index in [4.69, 9.17) is 0 Å². The number of hydrogen-bond acceptors (Lipinski definition) is 1. The molecule has 328 valence electrons. The van der Waals surface area contributed by atoms with Gasteiger partial charge in [0.2, 0.25) is 0 Å². The summed E-state index contributed by atoms with van der Waals surface area (Å²) in [6.07, 6.45) is 0. The van der Waals surface area contributed by atoms with Gasteiger partial charge in [-0.1, -0.05) is 200 Å². The molecule has 2 heteroatoms. The van der Waals surface area contributed by atoms with Crippen molar-refractivity contribution >= 4 is 60.4 Å². The number of rotatable bonds is 9. The molecule has 0 aliphatic heterocycles. The first-order valence-electron chi connectivity index (χ1n) is 24.1. The first-order valence-corrected chi connectivity index (χ1v) is 24.1. The molecule has 0 aliphatic rings. The van der Waals surface area contributed by atoms with E-state index in [-0.39, 0.29) is 0 Å². The summed E-state index contributed by atoms with van der Waals surface area (Å²) < 4.78 is 2.46. The molecule has 0 saturated carbocycles. The highest BCUT2D eigenvalue weighted by molar-refractivity contribution is 6.11. The van der Waals surface area contributed by atoms with Crippen LogP contribution in [0.1, 0.15) is 0 Å². The minimum Gasteiger partial charge on any atom is -0.310 e. The van der Waals surface area contributed by atoms with Gasteiger partial charge in [0.05, 0.1) is 16.7 Å². The average Bonchev–Trinajstić information content (AvgIpc) is 3.77. The summed E-state index contributed by atoms with van der Waals surface area (Å²) in [4.78, 5) is 2.42. The van der Waals surface area contributed by atoms with Crippen LogP contribution in [0.2, 0.25) is 0 Å². The van der Waals surface area contributed by atoms with Gasteiger partial charge in [-0.2, -0.15) is 0 Å². The molecule has 0 unspecified atom stereocenters. The van der Waals surface area contributed by atoms with Gasteiger partial charge in [-0.05, 0) is 151 Å². The summed E-state index contributed by atoms with van der Waals surface area (Å²) in [7, 11) is 0. The number of benzene rings is 12. The van der Waals surface area contributed by atoms with Crippen molar-refractivity contribution in [1.29, 1.82) is 0 Å². The minimum absolute atomic E-state index is 1.10. The molecule has 13 rings (SSSR count). The molecule has 13 aromatic rings. The molecule has 1 heterocycles. The van der Waals surface area contributed by atoms with Crippen molar-refractivity contribution in [3.05, 3.63) is 279 Å². The molecular weight excluding hydrogens is 845 g/mol. The number of anilines is 3. The van der Waals surface area contributed by atoms with Crippen molar-refractivity contribution in [3.63, 3.8) is 0 Å². The summed E-state index contributed by atoms with van der Waals surface area (Å²) in [6, 6.07) is 102. The van der Waals surface area contributed by atoms with E-state index in [0.717, 1.165) is 45.0 Å². The SMILES string of the molecule is c1ccc(-c2cccc(-c3cc(-c4cccc(-c5ccccc5)c4)cc(-n4c5ccccc5c5cc(-c6cccc(N(c7ccc8ccccc8c7)c7cccc8ccccc78)c6)ccc54)c3)c2)cc1. The van der Waals surface area contributed by atoms with Crippen LogP contribution >= 0.6 is 0 Å². The Labute approximate surface area is 408 Å². The maximum atomic E-state index is 2.46. The third-order valence-corrected chi connectivity index (χ3v) is 13.9. The Morgan fingerprint density at radius 1 is 0.229 bits per heavy atom. The third-order valence-electron chi connectivity index (χ3n) is 13.9. The van der Waals surface area contributed by atoms with Crippen molar-refractivity contribution in [2.75, 3.05) is 4.90 Å². The van der Waals surface area contributed by atoms with Crippen LogP contribution in [0.3, 0.4) is 0 Å². The zero-order chi connectivity index (χ0) is 46.4. The van der Waals surface area contributed by atoms with Crippen LogP contribution in [0.5, 0.6) is 0 Å². The second kappa shape index (κ2) is 17.4. The standard InChI is InChI=1S/C68H46N2/c1-3-17-47(18-4-1)51-25-13-27-53(39-51)58-41-59(54-28-14-26-52(40-54)48-19-5-2-6-20-48)45-62(44-58)70-67-33-12-11-32-64(67)65-46-57(36-38-68(65)70)56-29-15-30-60(43-56)69(61-37-35-49-21-7-8-23-55(49)42-61)66-34-16-24-50-22-9-10-31-63(50)66/h1-46H. The minimum atomic E-state index is 1.10. The summed E-state index contributed by atoms with van der Waals surface area (Å²) in [6.45, 7) is 0. The molecular formula is C68H46N2. The molecule has 0 radical (unpaired) electrons. The smallest absolute Gasteiger partial charge is 0.0541 e. The van der Waals surface area contributed by atoms with E-state index < -0.39 is 0 Å². The average molecular weight is 891 g/mol. The van der Waals surface area contributed by atoms with Crippen LogP contribution in [-0.4, -0.2) is 4.57 Å². The largest absolute Gasteiger partial charge is 0.310 e. The lowest BCUT2D eigenvalue weighted by atomic mass is 9.94. The van der Waals surface area contributed by atoms with Crippen LogP contribution in [-0.2, 0) is 0 Å². The molecule has 0 aliphatic carbocycles. The van der Waals surface area contributed by atoms with Crippen molar-refractivity contribution in [2.45, 2.75) is 0 Å². The van der Waals surface area contributed by atoms with Gasteiger partial charge in [0.15, 0.2) is 0 Å². The molecule has 0 N–H and O–H groups in total. The van der Waals surface area contributed by atoms with Crippen LogP contribution in [0.15, 0.2) is 279 Å². The summed E-state index contributed by atoms with van der Waals surface area (Å²) in [5.41, 5.74) is 18.6. The number of aromatic nitrogens is 1. The Morgan fingerprint density at radius 2 is 0.700 bits per heavy atom.